The van der Waals surface area contributed by atoms with Gasteiger partial charge in [0.05, 0.1) is 17.5 Å². The summed E-state index contributed by atoms with van der Waals surface area (Å²) in [5.41, 5.74) is 13.9. The van der Waals surface area contributed by atoms with Gasteiger partial charge in [-0.2, -0.15) is 4.98 Å². The van der Waals surface area contributed by atoms with Crippen LogP contribution in [0.25, 0.3) is 22.4 Å². The summed E-state index contributed by atoms with van der Waals surface area (Å²) in [5.74, 6) is 0.434. The number of anilines is 2. The molecule has 0 radical (unpaired) electrons. The molecule has 0 saturated carbocycles. The van der Waals surface area contributed by atoms with Gasteiger partial charge < -0.3 is 16.5 Å². The molecule has 3 aromatic rings. The maximum Gasteiger partial charge on any atom is 0.221 e. The normalized spacial score (nSPS) is 10.8. The van der Waals surface area contributed by atoms with Crippen molar-refractivity contribution in [1.29, 1.82) is 0 Å². The second kappa shape index (κ2) is 3.41. The van der Waals surface area contributed by atoms with Crippen molar-refractivity contribution in [3.05, 3.63) is 24.7 Å². The van der Waals surface area contributed by atoms with Crippen molar-refractivity contribution < 1.29 is 0 Å². The van der Waals surface area contributed by atoms with E-state index in [-0.39, 0.29) is 5.95 Å². The second-order valence-corrected chi connectivity index (χ2v) is 3.49. The van der Waals surface area contributed by atoms with Gasteiger partial charge in [-0.25, -0.2) is 15.0 Å². The van der Waals surface area contributed by atoms with Crippen LogP contribution in [0.5, 0.6) is 0 Å². The first-order valence-corrected chi connectivity index (χ1v) is 4.92. The number of nitrogens with zero attached hydrogens (tertiary/aromatic N) is 4. The fraction of sp³-hybridized carbons (Fsp3) is 0. The first kappa shape index (κ1) is 9.52. The predicted octanol–water partition coefficient (Wildman–Crippen LogP) is 0.579. The molecule has 0 amide bonds. The number of fused-ring (bicyclic) bond motifs is 1. The van der Waals surface area contributed by atoms with Crippen LogP contribution in [-0.4, -0.2) is 24.9 Å². The molecule has 0 unspecified atom stereocenters. The number of nitrogen functional groups attached to an aromatic ring is 2. The third-order valence-corrected chi connectivity index (χ3v) is 2.37. The highest BCUT2D eigenvalue weighted by Gasteiger charge is 2.08. The van der Waals surface area contributed by atoms with Gasteiger partial charge in [0.15, 0.2) is 5.65 Å². The average molecular weight is 227 g/mol. The Morgan fingerprint density at radius 1 is 1.06 bits per heavy atom. The highest BCUT2D eigenvalue weighted by molar-refractivity contribution is 5.77. The molecule has 0 saturated heterocycles. The van der Waals surface area contributed by atoms with Gasteiger partial charge in [-0.05, 0) is 6.07 Å². The van der Waals surface area contributed by atoms with Crippen LogP contribution in [0.4, 0.5) is 11.8 Å². The van der Waals surface area contributed by atoms with E-state index >= 15 is 0 Å². The largest absolute Gasteiger partial charge is 0.383 e. The molecule has 7 nitrogen and oxygen atoms in total. The van der Waals surface area contributed by atoms with Gasteiger partial charge in [-0.1, -0.05) is 0 Å². The maximum atomic E-state index is 5.77. The predicted molar refractivity (Wildman–Crippen MR) is 63.7 cm³/mol. The third-order valence-electron chi connectivity index (χ3n) is 2.37. The van der Waals surface area contributed by atoms with Crippen LogP contribution in [0, 0.1) is 0 Å². The number of aromatic amines is 1. The molecule has 0 aromatic carbocycles. The molecule has 0 aliphatic heterocycles. The number of H-pyrrole nitrogens is 1. The molecule has 3 rings (SSSR count). The number of nitrogens with two attached hydrogens (primary N) is 2. The lowest BCUT2D eigenvalue weighted by Gasteiger charge is -2.03. The van der Waals surface area contributed by atoms with Crippen molar-refractivity contribution in [3.63, 3.8) is 0 Å². The quantitative estimate of drug-likeness (QED) is 0.559. The number of hydrogen-bond acceptors (Lipinski definition) is 6. The Bertz CT molecular complexity index is 688. The maximum absolute atomic E-state index is 5.77. The van der Waals surface area contributed by atoms with E-state index in [0.717, 1.165) is 11.2 Å². The van der Waals surface area contributed by atoms with Crippen molar-refractivity contribution in [3.8, 4) is 11.3 Å². The Kier molecular flexibility index (Phi) is 1.91. The Morgan fingerprint density at radius 2 is 1.94 bits per heavy atom. The van der Waals surface area contributed by atoms with E-state index in [1.807, 2.05) is 6.07 Å². The Hall–Kier alpha value is -2.70. The fourth-order valence-corrected chi connectivity index (χ4v) is 1.57. The third kappa shape index (κ3) is 1.53. The van der Waals surface area contributed by atoms with E-state index < -0.39 is 0 Å². The Balaban J connectivity index is 2.19. The van der Waals surface area contributed by atoms with E-state index in [1.54, 1.807) is 18.6 Å². The molecule has 0 atom stereocenters. The first-order chi connectivity index (χ1) is 8.24. The number of aromatic nitrogens is 5. The summed E-state index contributed by atoms with van der Waals surface area (Å²) in [7, 11) is 0. The van der Waals surface area contributed by atoms with Gasteiger partial charge in [0.1, 0.15) is 11.3 Å². The Morgan fingerprint density at radius 3 is 2.76 bits per heavy atom. The molecule has 0 aliphatic rings. The molecule has 0 bridgehead atoms. The standard InChI is InChI=1S/C10H9N7/c11-8-5(3-15-10(12)17-8)7-4-14-9-6(16-7)1-2-13-9/h1-4H,(H,13,14)(H4,11,12,15,17). The highest BCUT2D eigenvalue weighted by atomic mass is 15.0. The van der Waals surface area contributed by atoms with Crippen LogP contribution in [0.2, 0.25) is 0 Å². The molecular formula is C10H9N7. The number of rotatable bonds is 1. The lowest BCUT2D eigenvalue weighted by molar-refractivity contribution is 1.18. The molecule has 0 aliphatic carbocycles. The summed E-state index contributed by atoms with van der Waals surface area (Å²) in [4.78, 5) is 19.4. The van der Waals surface area contributed by atoms with Gasteiger partial charge in [0.25, 0.3) is 0 Å². The fourth-order valence-electron chi connectivity index (χ4n) is 1.57. The minimum atomic E-state index is 0.141. The molecule has 7 heteroatoms. The zero-order valence-corrected chi connectivity index (χ0v) is 8.75. The summed E-state index contributed by atoms with van der Waals surface area (Å²) in [5, 5.41) is 0. The molecule has 0 spiro atoms. The van der Waals surface area contributed by atoms with Crippen LogP contribution < -0.4 is 11.5 Å². The van der Waals surface area contributed by atoms with Crippen LogP contribution >= 0.6 is 0 Å². The first-order valence-electron chi connectivity index (χ1n) is 4.92. The molecular weight excluding hydrogens is 218 g/mol. The van der Waals surface area contributed by atoms with Crippen molar-refractivity contribution in [2.24, 2.45) is 0 Å². The monoisotopic (exact) mass is 227 g/mol. The summed E-state index contributed by atoms with van der Waals surface area (Å²) in [6.07, 6.45) is 4.93. The lowest BCUT2D eigenvalue weighted by atomic mass is 10.2. The Labute approximate surface area is 95.9 Å². The minimum Gasteiger partial charge on any atom is -0.383 e. The zero-order chi connectivity index (χ0) is 11.8. The SMILES string of the molecule is Nc1ncc(-c2cnc3[nH]ccc3n2)c(N)n1. The summed E-state index contributed by atoms with van der Waals surface area (Å²) in [6.45, 7) is 0. The summed E-state index contributed by atoms with van der Waals surface area (Å²) < 4.78 is 0. The molecule has 17 heavy (non-hydrogen) atoms. The van der Waals surface area contributed by atoms with Crippen LogP contribution in [0.15, 0.2) is 24.7 Å². The van der Waals surface area contributed by atoms with E-state index in [2.05, 4.69) is 24.9 Å². The zero-order valence-electron chi connectivity index (χ0n) is 8.75. The summed E-state index contributed by atoms with van der Waals surface area (Å²) in [6, 6.07) is 1.83. The molecule has 84 valence electrons. The second-order valence-electron chi connectivity index (χ2n) is 3.49. The van der Waals surface area contributed by atoms with Crippen molar-refractivity contribution in [2.45, 2.75) is 0 Å². The van der Waals surface area contributed by atoms with Crippen molar-refractivity contribution >= 4 is 22.9 Å². The van der Waals surface area contributed by atoms with E-state index in [9.17, 15) is 0 Å². The van der Waals surface area contributed by atoms with E-state index in [1.165, 1.54) is 0 Å². The highest BCUT2D eigenvalue weighted by Crippen LogP contribution is 2.22. The molecule has 0 fully saturated rings. The van der Waals surface area contributed by atoms with E-state index in [4.69, 9.17) is 11.5 Å². The smallest absolute Gasteiger partial charge is 0.221 e. The number of hydrogen-bond donors (Lipinski definition) is 3. The van der Waals surface area contributed by atoms with Crippen LogP contribution in [0.3, 0.4) is 0 Å². The average Bonchev–Trinajstić information content (AvgIpc) is 2.75. The van der Waals surface area contributed by atoms with Gasteiger partial charge in [0, 0.05) is 12.4 Å². The van der Waals surface area contributed by atoms with Gasteiger partial charge in [-0.3, -0.25) is 0 Å². The minimum absolute atomic E-state index is 0.141. The van der Waals surface area contributed by atoms with Crippen molar-refractivity contribution in [2.75, 3.05) is 11.5 Å². The van der Waals surface area contributed by atoms with Gasteiger partial charge >= 0.3 is 0 Å². The van der Waals surface area contributed by atoms with Crippen LogP contribution in [-0.2, 0) is 0 Å². The summed E-state index contributed by atoms with van der Waals surface area (Å²) >= 11 is 0. The molecule has 3 heterocycles. The van der Waals surface area contributed by atoms with Crippen LogP contribution in [0.1, 0.15) is 0 Å². The van der Waals surface area contributed by atoms with Gasteiger partial charge in [-0.15, -0.1) is 0 Å². The van der Waals surface area contributed by atoms with Crippen molar-refractivity contribution in [1.82, 2.24) is 24.9 Å². The topological polar surface area (TPSA) is 119 Å². The van der Waals surface area contributed by atoms with Gasteiger partial charge in [0.2, 0.25) is 5.95 Å². The number of nitrogens with one attached hydrogen (secondary N) is 1. The lowest BCUT2D eigenvalue weighted by Crippen LogP contribution is -2.02. The van der Waals surface area contributed by atoms with E-state index in [0.29, 0.717) is 17.1 Å². The molecule has 3 aromatic heterocycles. The molecule has 5 N–H and O–H groups in total.